The lowest BCUT2D eigenvalue weighted by molar-refractivity contribution is -0.00812. The van der Waals surface area contributed by atoms with Crippen molar-refractivity contribution in [1.29, 1.82) is 0 Å². The van der Waals surface area contributed by atoms with Crippen molar-refractivity contribution < 1.29 is 26.7 Å². The number of halogens is 2. The molecule has 0 amide bonds. The van der Waals surface area contributed by atoms with Crippen molar-refractivity contribution in [2.24, 2.45) is 11.3 Å². The summed E-state index contributed by atoms with van der Waals surface area (Å²) in [6.07, 6.45) is 4.66. The predicted molar refractivity (Wildman–Crippen MR) is 101 cm³/mol. The summed E-state index contributed by atoms with van der Waals surface area (Å²) in [7, 11) is -4.09. The van der Waals surface area contributed by atoms with Gasteiger partial charge in [-0.2, -0.15) is 4.31 Å². The average Bonchev–Trinajstić information content (AvgIpc) is 3.06. The first-order valence-corrected chi connectivity index (χ1v) is 10.9. The van der Waals surface area contributed by atoms with E-state index in [1.807, 2.05) is 0 Å². The third-order valence-electron chi connectivity index (χ3n) is 5.88. The normalized spacial score (nSPS) is 22.1. The smallest absolute Gasteiger partial charge is 0.246 e. The van der Waals surface area contributed by atoms with E-state index in [4.69, 9.17) is 9.47 Å². The molecule has 1 aromatic carbocycles. The van der Waals surface area contributed by atoms with Crippen molar-refractivity contribution in [3.63, 3.8) is 0 Å². The fraction of sp³-hybridized carbons (Fsp3) is 0.450. The van der Waals surface area contributed by atoms with Crippen LogP contribution in [-0.2, 0) is 14.8 Å². The summed E-state index contributed by atoms with van der Waals surface area (Å²) in [6.45, 7) is 1.90. The zero-order valence-corrected chi connectivity index (χ0v) is 16.6. The Morgan fingerprint density at radius 1 is 1.17 bits per heavy atom. The van der Waals surface area contributed by atoms with E-state index >= 15 is 0 Å². The van der Waals surface area contributed by atoms with Crippen LogP contribution >= 0.6 is 0 Å². The minimum Gasteiger partial charge on any atom is -0.493 e. The van der Waals surface area contributed by atoms with Crippen molar-refractivity contribution in [2.75, 3.05) is 32.9 Å². The molecule has 29 heavy (non-hydrogen) atoms. The van der Waals surface area contributed by atoms with Gasteiger partial charge in [0.1, 0.15) is 22.3 Å². The van der Waals surface area contributed by atoms with Crippen LogP contribution in [0.2, 0.25) is 0 Å². The molecule has 156 valence electrons. The topological polar surface area (TPSA) is 68.7 Å². The molecule has 0 bridgehead atoms. The maximum Gasteiger partial charge on any atom is 0.246 e. The molecular formula is C20H22F2N2O4S. The van der Waals surface area contributed by atoms with E-state index in [1.165, 1.54) is 4.31 Å². The number of pyridine rings is 1. The number of nitrogens with zero attached hydrogens (tertiary/aromatic N) is 2. The van der Waals surface area contributed by atoms with Crippen LogP contribution in [-0.4, -0.2) is 50.6 Å². The zero-order valence-electron chi connectivity index (χ0n) is 15.8. The molecule has 1 atom stereocenters. The van der Waals surface area contributed by atoms with Crippen LogP contribution in [0.5, 0.6) is 5.75 Å². The Bertz CT molecular complexity index is 966. The lowest BCUT2D eigenvalue weighted by Crippen LogP contribution is -2.39. The van der Waals surface area contributed by atoms with Gasteiger partial charge >= 0.3 is 0 Å². The molecule has 2 aromatic rings. The van der Waals surface area contributed by atoms with Gasteiger partial charge in [-0.05, 0) is 42.5 Å². The number of rotatable bonds is 5. The van der Waals surface area contributed by atoms with Crippen LogP contribution in [0.3, 0.4) is 0 Å². The van der Waals surface area contributed by atoms with E-state index < -0.39 is 26.6 Å². The van der Waals surface area contributed by atoms with Gasteiger partial charge in [-0.3, -0.25) is 4.98 Å². The highest BCUT2D eigenvalue weighted by Gasteiger charge is 2.51. The summed E-state index contributed by atoms with van der Waals surface area (Å²) in [5.74, 6) is -1.30. The minimum absolute atomic E-state index is 0.0714. The third kappa shape index (κ3) is 3.99. The van der Waals surface area contributed by atoms with Gasteiger partial charge in [0.25, 0.3) is 0 Å². The molecule has 1 unspecified atom stereocenters. The Kier molecular flexibility index (Phi) is 5.54. The number of hydrogen-bond donors (Lipinski definition) is 0. The van der Waals surface area contributed by atoms with Crippen molar-refractivity contribution in [3.8, 4) is 5.75 Å². The van der Waals surface area contributed by atoms with Gasteiger partial charge < -0.3 is 9.47 Å². The van der Waals surface area contributed by atoms with Gasteiger partial charge in [-0.15, -0.1) is 0 Å². The molecule has 4 rings (SSSR count). The number of ether oxygens (including phenoxy) is 2. The highest BCUT2D eigenvalue weighted by Crippen LogP contribution is 2.46. The molecule has 1 aromatic heterocycles. The molecule has 2 fully saturated rings. The van der Waals surface area contributed by atoms with E-state index in [0.29, 0.717) is 44.5 Å². The molecule has 2 aliphatic heterocycles. The minimum atomic E-state index is -4.09. The molecule has 3 heterocycles. The van der Waals surface area contributed by atoms with E-state index in [2.05, 4.69) is 4.98 Å². The van der Waals surface area contributed by atoms with Crippen molar-refractivity contribution in [1.82, 2.24) is 9.29 Å². The van der Waals surface area contributed by atoms with Crippen LogP contribution in [0, 0.1) is 23.0 Å². The van der Waals surface area contributed by atoms with Crippen LogP contribution in [0.25, 0.3) is 0 Å². The lowest BCUT2D eigenvalue weighted by Gasteiger charge is -2.37. The first-order valence-electron chi connectivity index (χ1n) is 9.46. The largest absolute Gasteiger partial charge is 0.493 e. The SMILES string of the molecule is O=S(=O)(c1ccc(F)cc1F)N1CC(COc2ccncc2)C2(CCOCC2)C1. The summed E-state index contributed by atoms with van der Waals surface area (Å²) >= 11 is 0. The van der Waals surface area contributed by atoms with Crippen molar-refractivity contribution in [2.45, 2.75) is 17.7 Å². The second-order valence-electron chi connectivity index (χ2n) is 7.54. The highest BCUT2D eigenvalue weighted by atomic mass is 32.2. The molecule has 0 N–H and O–H groups in total. The summed E-state index contributed by atoms with van der Waals surface area (Å²) in [6, 6.07) is 6.02. The molecule has 0 aliphatic carbocycles. The summed E-state index contributed by atoms with van der Waals surface area (Å²) < 4.78 is 66.3. The van der Waals surface area contributed by atoms with Gasteiger partial charge in [-0.1, -0.05) is 0 Å². The average molecular weight is 424 g/mol. The Labute approximate surface area is 168 Å². The number of hydrogen-bond acceptors (Lipinski definition) is 5. The van der Waals surface area contributed by atoms with Crippen LogP contribution < -0.4 is 4.74 Å². The molecule has 2 aliphatic rings. The van der Waals surface area contributed by atoms with Crippen LogP contribution in [0.1, 0.15) is 12.8 Å². The van der Waals surface area contributed by atoms with E-state index in [0.717, 1.165) is 12.1 Å². The fourth-order valence-corrected chi connectivity index (χ4v) is 5.82. The maximum atomic E-state index is 14.2. The van der Waals surface area contributed by atoms with E-state index in [-0.39, 0.29) is 24.4 Å². The van der Waals surface area contributed by atoms with Crippen LogP contribution in [0.15, 0.2) is 47.6 Å². The van der Waals surface area contributed by atoms with E-state index in [1.54, 1.807) is 24.5 Å². The molecule has 9 heteroatoms. The Balaban J connectivity index is 1.59. The van der Waals surface area contributed by atoms with Gasteiger partial charge in [0.05, 0.1) is 6.61 Å². The van der Waals surface area contributed by atoms with Gasteiger partial charge in [0, 0.05) is 50.7 Å². The number of sulfonamides is 1. The van der Waals surface area contributed by atoms with Gasteiger partial charge in [0.15, 0.2) is 0 Å². The van der Waals surface area contributed by atoms with E-state index in [9.17, 15) is 17.2 Å². The number of benzene rings is 1. The van der Waals surface area contributed by atoms with Crippen LogP contribution in [0.4, 0.5) is 8.78 Å². The summed E-state index contributed by atoms with van der Waals surface area (Å²) in [5.41, 5.74) is -0.297. The quantitative estimate of drug-likeness (QED) is 0.738. The second-order valence-corrected chi connectivity index (χ2v) is 9.44. The summed E-state index contributed by atoms with van der Waals surface area (Å²) in [4.78, 5) is 3.45. The fourth-order valence-electron chi connectivity index (χ4n) is 4.20. The highest BCUT2D eigenvalue weighted by molar-refractivity contribution is 7.89. The monoisotopic (exact) mass is 424 g/mol. The predicted octanol–water partition coefficient (Wildman–Crippen LogP) is 2.86. The Hall–Kier alpha value is -2.10. The Morgan fingerprint density at radius 2 is 1.90 bits per heavy atom. The molecule has 2 saturated heterocycles. The molecule has 0 saturated carbocycles. The first kappa shape index (κ1) is 20.2. The number of aromatic nitrogens is 1. The standard InChI is InChI=1S/C20H22F2N2O4S/c21-16-1-2-19(18(22)11-16)29(25,26)24-12-15(13-28-17-3-7-23-8-4-17)20(14-24)5-9-27-10-6-20/h1-4,7-8,11,15H,5-6,9-10,12-14H2. The molecule has 1 spiro atoms. The Morgan fingerprint density at radius 3 is 2.59 bits per heavy atom. The lowest BCUT2D eigenvalue weighted by atomic mass is 9.72. The van der Waals surface area contributed by atoms with Gasteiger partial charge in [0.2, 0.25) is 10.0 Å². The molecule has 6 nitrogen and oxygen atoms in total. The van der Waals surface area contributed by atoms with Crippen molar-refractivity contribution in [3.05, 3.63) is 54.4 Å². The third-order valence-corrected chi connectivity index (χ3v) is 7.73. The molecule has 0 radical (unpaired) electrons. The maximum absolute atomic E-state index is 14.2. The summed E-state index contributed by atoms with van der Waals surface area (Å²) in [5, 5.41) is 0. The first-order chi connectivity index (χ1) is 13.9. The second kappa shape index (κ2) is 7.97. The van der Waals surface area contributed by atoms with Gasteiger partial charge in [-0.25, -0.2) is 17.2 Å². The van der Waals surface area contributed by atoms with Crippen molar-refractivity contribution >= 4 is 10.0 Å². The zero-order chi connectivity index (χ0) is 20.5. The molecular weight excluding hydrogens is 402 g/mol.